The highest BCUT2D eigenvalue weighted by molar-refractivity contribution is 6.30. The van der Waals surface area contributed by atoms with Gasteiger partial charge in [-0.15, -0.1) is 0 Å². The molecular weight excluding hydrogens is 332 g/mol. The number of nitrogens with two attached hydrogens (primary N) is 1. The number of rotatable bonds is 6. The molecule has 124 valence electrons. The SMILES string of the molecule is NC(=O)c1cc([N+](=O)[O-])cnc1NCC1(c2ccc(Cl)cc2)CC1. The number of nitrogens with one attached hydrogen (secondary N) is 1. The van der Waals surface area contributed by atoms with Gasteiger partial charge in [0.2, 0.25) is 0 Å². The van der Waals surface area contributed by atoms with E-state index in [1.165, 1.54) is 0 Å². The second-order valence-electron chi connectivity index (χ2n) is 5.85. The average molecular weight is 347 g/mol. The summed E-state index contributed by atoms with van der Waals surface area (Å²) >= 11 is 5.92. The molecule has 3 rings (SSSR count). The Morgan fingerprint density at radius 3 is 2.58 bits per heavy atom. The lowest BCUT2D eigenvalue weighted by Gasteiger charge is -2.18. The summed E-state index contributed by atoms with van der Waals surface area (Å²) in [5.41, 5.74) is 6.17. The molecule has 1 aromatic heterocycles. The first-order valence-corrected chi connectivity index (χ1v) is 7.73. The van der Waals surface area contributed by atoms with E-state index in [2.05, 4.69) is 10.3 Å². The average Bonchev–Trinajstić information content (AvgIpc) is 3.34. The number of benzene rings is 1. The summed E-state index contributed by atoms with van der Waals surface area (Å²) < 4.78 is 0. The molecule has 1 heterocycles. The van der Waals surface area contributed by atoms with Gasteiger partial charge in [-0.05, 0) is 30.5 Å². The molecule has 7 nitrogen and oxygen atoms in total. The number of anilines is 1. The number of pyridine rings is 1. The Morgan fingerprint density at radius 2 is 2.04 bits per heavy atom. The third kappa shape index (κ3) is 3.16. The number of nitrogens with zero attached hydrogens (tertiary/aromatic N) is 2. The second-order valence-corrected chi connectivity index (χ2v) is 6.29. The Hall–Kier alpha value is -2.67. The third-order valence-electron chi connectivity index (χ3n) is 4.25. The Kier molecular flexibility index (Phi) is 4.11. The van der Waals surface area contributed by atoms with Crippen molar-refractivity contribution < 1.29 is 9.72 Å². The van der Waals surface area contributed by atoms with Gasteiger partial charge in [0.05, 0.1) is 10.5 Å². The first-order valence-electron chi connectivity index (χ1n) is 7.35. The number of amides is 1. The van der Waals surface area contributed by atoms with Crippen LogP contribution in [0, 0.1) is 10.1 Å². The third-order valence-corrected chi connectivity index (χ3v) is 4.51. The highest BCUT2D eigenvalue weighted by Gasteiger charge is 2.44. The minimum atomic E-state index is -0.759. The maximum absolute atomic E-state index is 11.5. The largest absolute Gasteiger partial charge is 0.369 e. The molecule has 1 aliphatic carbocycles. The molecule has 0 spiro atoms. The van der Waals surface area contributed by atoms with Crippen molar-refractivity contribution in [3.05, 3.63) is 62.8 Å². The molecule has 0 saturated heterocycles. The summed E-state index contributed by atoms with van der Waals surface area (Å²) in [5, 5.41) is 14.6. The van der Waals surface area contributed by atoms with Gasteiger partial charge in [0.1, 0.15) is 12.0 Å². The summed E-state index contributed by atoms with van der Waals surface area (Å²) in [4.78, 5) is 25.7. The molecule has 1 amide bonds. The first-order chi connectivity index (χ1) is 11.4. The smallest absolute Gasteiger partial charge is 0.288 e. The van der Waals surface area contributed by atoms with E-state index in [9.17, 15) is 14.9 Å². The lowest BCUT2D eigenvalue weighted by molar-refractivity contribution is -0.385. The highest BCUT2D eigenvalue weighted by atomic mass is 35.5. The number of halogens is 1. The summed E-state index contributed by atoms with van der Waals surface area (Å²) in [5.74, 6) is -0.502. The normalized spacial score (nSPS) is 14.9. The standard InChI is InChI=1S/C16H15ClN4O3/c17-11-3-1-10(2-4-11)16(5-6-16)9-20-15-13(14(18)22)7-12(8-19-15)21(23)24/h1-4,7-8H,5-6,9H2,(H2,18,22)(H,19,20). The number of hydrogen-bond acceptors (Lipinski definition) is 5. The number of aromatic nitrogens is 1. The fraction of sp³-hybridized carbons (Fsp3) is 0.250. The van der Waals surface area contributed by atoms with E-state index in [0.717, 1.165) is 30.7 Å². The summed E-state index contributed by atoms with van der Waals surface area (Å²) in [7, 11) is 0. The van der Waals surface area contributed by atoms with E-state index in [1.807, 2.05) is 24.3 Å². The van der Waals surface area contributed by atoms with Crippen LogP contribution in [0.4, 0.5) is 11.5 Å². The van der Waals surface area contributed by atoms with Crippen LogP contribution in [0.25, 0.3) is 0 Å². The molecule has 0 bridgehead atoms. The van der Waals surface area contributed by atoms with Gasteiger partial charge in [0.25, 0.3) is 11.6 Å². The van der Waals surface area contributed by atoms with Crippen LogP contribution in [0.2, 0.25) is 5.02 Å². The van der Waals surface area contributed by atoms with Gasteiger partial charge < -0.3 is 11.1 Å². The van der Waals surface area contributed by atoms with E-state index in [0.29, 0.717) is 11.6 Å². The van der Waals surface area contributed by atoms with Gasteiger partial charge in [-0.1, -0.05) is 23.7 Å². The molecule has 3 N–H and O–H groups in total. The molecule has 2 aromatic rings. The van der Waals surface area contributed by atoms with E-state index >= 15 is 0 Å². The first kappa shape index (κ1) is 16.2. The molecule has 0 unspecified atom stereocenters. The van der Waals surface area contributed by atoms with Crippen molar-refractivity contribution in [3.63, 3.8) is 0 Å². The van der Waals surface area contributed by atoms with Crippen molar-refractivity contribution >= 4 is 29.0 Å². The molecule has 1 fully saturated rings. The van der Waals surface area contributed by atoms with Gasteiger partial charge in [0, 0.05) is 23.0 Å². The monoisotopic (exact) mass is 346 g/mol. The van der Waals surface area contributed by atoms with Gasteiger partial charge >= 0.3 is 0 Å². The van der Waals surface area contributed by atoms with Crippen LogP contribution in [0.3, 0.4) is 0 Å². The predicted molar refractivity (Wildman–Crippen MR) is 90.3 cm³/mol. The van der Waals surface area contributed by atoms with E-state index in [4.69, 9.17) is 17.3 Å². The van der Waals surface area contributed by atoms with E-state index in [1.54, 1.807) is 0 Å². The fourth-order valence-electron chi connectivity index (χ4n) is 2.66. The summed E-state index contributed by atoms with van der Waals surface area (Å²) in [6.45, 7) is 0.555. The quantitative estimate of drug-likeness (QED) is 0.617. The Balaban J connectivity index is 1.80. The molecule has 1 saturated carbocycles. The minimum absolute atomic E-state index is 0.0103. The van der Waals surface area contributed by atoms with Crippen LogP contribution in [-0.4, -0.2) is 22.4 Å². The number of nitro groups is 1. The van der Waals surface area contributed by atoms with Crippen molar-refractivity contribution in [1.82, 2.24) is 4.98 Å². The number of carbonyl (C=O) groups is 1. The fourth-order valence-corrected chi connectivity index (χ4v) is 2.78. The number of primary amides is 1. The molecule has 0 aliphatic heterocycles. The van der Waals surface area contributed by atoms with Crippen LogP contribution in [-0.2, 0) is 5.41 Å². The van der Waals surface area contributed by atoms with Gasteiger partial charge in [0.15, 0.2) is 0 Å². The zero-order chi connectivity index (χ0) is 17.3. The van der Waals surface area contributed by atoms with Crippen LogP contribution < -0.4 is 11.1 Å². The van der Waals surface area contributed by atoms with Crippen LogP contribution >= 0.6 is 11.6 Å². The van der Waals surface area contributed by atoms with Gasteiger partial charge in [-0.3, -0.25) is 14.9 Å². The molecule has 8 heteroatoms. The van der Waals surface area contributed by atoms with E-state index in [-0.39, 0.29) is 22.5 Å². The maximum Gasteiger partial charge on any atom is 0.288 e. The molecule has 24 heavy (non-hydrogen) atoms. The molecule has 0 radical (unpaired) electrons. The minimum Gasteiger partial charge on any atom is -0.369 e. The van der Waals surface area contributed by atoms with Crippen LogP contribution in [0.15, 0.2) is 36.5 Å². The Labute approximate surface area is 143 Å². The van der Waals surface area contributed by atoms with E-state index < -0.39 is 10.8 Å². The highest BCUT2D eigenvalue weighted by Crippen LogP contribution is 2.48. The van der Waals surface area contributed by atoms with Crippen molar-refractivity contribution in [3.8, 4) is 0 Å². The number of hydrogen-bond donors (Lipinski definition) is 2. The van der Waals surface area contributed by atoms with Crippen LogP contribution in [0.5, 0.6) is 0 Å². The Morgan fingerprint density at radius 1 is 1.38 bits per heavy atom. The van der Waals surface area contributed by atoms with Gasteiger partial charge in [-0.25, -0.2) is 4.98 Å². The summed E-state index contributed by atoms with van der Waals surface area (Å²) in [6, 6.07) is 8.79. The zero-order valence-corrected chi connectivity index (χ0v) is 13.4. The lowest BCUT2D eigenvalue weighted by atomic mass is 9.96. The van der Waals surface area contributed by atoms with Crippen molar-refractivity contribution in [2.24, 2.45) is 5.73 Å². The zero-order valence-electron chi connectivity index (χ0n) is 12.7. The Bertz CT molecular complexity index is 803. The molecule has 0 atom stereocenters. The second kappa shape index (κ2) is 6.09. The van der Waals surface area contributed by atoms with Crippen molar-refractivity contribution in [2.75, 3.05) is 11.9 Å². The molecular formula is C16H15ClN4O3. The summed E-state index contributed by atoms with van der Waals surface area (Å²) in [6.07, 6.45) is 3.11. The number of carbonyl (C=O) groups excluding carboxylic acids is 1. The van der Waals surface area contributed by atoms with Crippen LogP contribution in [0.1, 0.15) is 28.8 Å². The topological polar surface area (TPSA) is 111 Å². The lowest BCUT2D eigenvalue weighted by Crippen LogP contribution is -2.23. The molecule has 1 aliphatic rings. The van der Waals surface area contributed by atoms with Gasteiger partial charge in [-0.2, -0.15) is 0 Å². The molecule has 1 aromatic carbocycles. The van der Waals surface area contributed by atoms with Crippen molar-refractivity contribution in [1.29, 1.82) is 0 Å². The maximum atomic E-state index is 11.5. The van der Waals surface area contributed by atoms with Crippen molar-refractivity contribution in [2.45, 2.75) is 18.3 Å². The predicted octanol–water partition coefficient (Wildman–Crippen LogP) is 2.89.